The second kappa shape index (κ2) is 25.6. The van der Waals surface area contributed by atoms with Crippen molar-refractivity contribution < 1.29 is 68.1 Å². The summed E-state index contributed by atoms with van der Waals surface area (Å²) in [5, 5.41) is 12.8. The number of benzene rings is 3. The number of hydrogen-bond acceptors (Lipinski definition) is 7. The molecule has 0 aliphatic heterocycles. The van der Waals surface area contributed by atoms with Crippen LogP contribution in [0.2, 0.25) is 0 Å². The summed E-state index contributed by atoms with van der Waals surface area (Å²) in [4.78, 5) is 49.9. The van der Waals surface area contributed by atoms with Crippen LogP contribution in [0.3, 0.4) is 0 Å². The number of fused-ring (bicyclic) bond motifs is 3. The van der Waals surface area contributed by atoms with Crippen molar-refractivity contribution in [1.29, 1.82) is 0 Å². The zero-order valence-electron chi connectivity index (χ0n) is 40.3. The quantitative estimate of drug-likeness (QED) is 0.0631. The standard InChI is InChI=1S/C18H20BrNO4.C18H22BrNO2.C16H18BrNO2.CH3.Na/c1-24-18(23)12-7-8-13-14(9-12)20(10-15(21)22)17(19)16(13)11-5-3-2-4-6-11;1-3-20-15-11-13(18(21)22-2)9-10-14(15)16(17(20)19)12-7-5-4-6-8-12;1-20-16(19)11-7-8-12-13(9-11)18-15(17)14(12)10-5-3-2-4-6-10;;/h7-9,11H,2-6,10H2,1H3,(H,21,22);9-12H,3-8H2,1-2H3;7-10,18H,2-6H2,1H3;1H3;/q;;;-1;+1. The van der Waals surface area contributed by atoms with Crippen molar-refractivity contribution in [3.8, 4) is 0 Å². The van der Waals surface area contributed by atoms with E-state index in [2.05, 4.69) is 70.3 Å². The number of carboxylic acids is 1. The van der Waals surface area contributed by atoms with Gasteiger partial charge >= 0.3 is 53.4 Å². The van der Waals surface area contributed by atoms with Crippen molar-refractivity contribution in [2.45, 2.75) is 134 Å². The minimum atomic E-state index is -0.911. The zero-order valence-corrected chi connectivity index (χ0v) is 47.0. The Hall–Kier alpha value is -3.40. The minimum absolute atomic E-state index is 0. The van der Waals surface area contributed by atoms with Crippen LogP contribution in [0.1, 0.15) is 169 Å². The van der Waals surface area contributed by atoms with Gasteiger partial charge in [-0.25, -0.2) is 14.4 Å². The Morgan fingerprint density at radius 1 is 0.574 bits per heavy atom. The predicted octanol–water partition coefficient (Wildman–Crippen LogP) is 11.8. The molecule has 11 nitrogen and oxygen atoms in total. The molecule has 68 heavy (non-hydrogen) atoms. The van der Waals surface area contributed by atoms with Crippen molar-refractivity contribution in [3.05, 3.63) is 109 Å². The molecule has 9 rings (SSSR count). The van der Waals surface area contributed by atoms with E-state index in [1.165, 1.54) is 137 Å². The normalized spacial score (nSPS) is 15.6. The summed E-state index contributed by atoms with van der Waals surface area (Å²) in [6.07, 6.45) is 18.9. The monoisotopic (exact) mass is 1130 g/mol. The molecule has 360 valence electrons. The van der Waals surface area contributed by atoms with Crippen LogP contribution in [0.25, 0.3) is 32.7 Å². The summed E-state index contributed by atoms with van der Waals surface area (Å²) in [6.45, 7) is 2.88. The van der Waals surface area contributed by atoms with Crippen molar-refractivity contribution in [2.75, 3.05) is 21.3 Å². The number of ether oxygens (including phenoxy) is 3. The van der Waals surface area contributed by atoms with Crippen LogP contribution in [-0.4, -0.2) is 64.4 Å². The number of aryl methyl sites for hydroxylation is 1. The summed E-state index contributed by atoms with van der Waals surface area (Å²) in [7, 11) is 4.17. The van der Waals surface area contributed by atoms with E-state index in [1.807, 2.05) is 36.4 Å². The Kier molecular flexibility index (Phi) is 20.9. The van der Waals surface area contributed by atoms with E-state index in [4.69, 9.17) is 14.2 Å². The number of carboxylic acid groups (broad SMARTS) is 1. The maximum absolute atomic E-state index is 11.8. The molecule has 15 heteroatoms. The number of aromatic nitrogens is 3. The van der Waals surface area contributed by atoms with E-state index in [0.29, 0.717) is 34.4 Å². The van der Waals surface area contributed by atoms with Gasteiger partial charge in [-0.1, -0.05) is 76.0 Å². The van der Waals surface area contributed by atoms with Gasteiger partial charge in [-0.15, -0.1) is 0 Å². The van der Waals surface area contributed by atoms with E-state index in [-0.39, 0.29) is 55.5 Å². The summed E-state index contributed by atoms with van der Waals surface area (Å²) in [6, 6.07) is 17.1. The van der Waals surface area contributed by atoms with Gasteiger partial charge in [0.15, 0.2) is 0 Å². The number of carbonyl (C=O) groups excluding carboxylic acids is 3. The number of aliphatic carboxylic acids is 1. The molecule has 0 spiro atoms. The summed E-state index contributed by atoms with van der Waals surface area (Å²) >= 11 is 11.1. The maximum atomic E-state index is 11.8. The summed E-state index contributed by atoms with van der Waals surface area (Å²) < 4.78 is 21.4. The first kappa shape index (κ1) is 55.5. The van der Waals surface area contributed by atoms with Crippen LogP contribution in [0.15, 0.2) is 68.4 Å². The topological polar surface area (TPSA) is 142 Å². The number of carbonyl (C=O) groups is 4. The minimum Gasteiger partial charge on any atom is -0.480 e. The maximum Gasteiger partial charge on any atom is 1.00 e. The second-order valence-electron chi connectivity index (χ2n) is 17.7. The molecule has 2 N–H and O–H groups in total. The molecule has 0 bridgehead atoms. The van der Waals surface area contributed by atoms with Crippen LogP contribution >= 0.6 is 47.8 Å². The number of H-pyrrole nitrogens is 1. The Morgan fingerprint density at radius 2 is 0.941 bits per heavy atom. The Bertz CT molecular complexity index is 2720. The smallest absolute Gasteiger partial charge is 0.480 e. The van der Waals surface area contributed by atoms with Crippen LogP contribution < -0.4 is 29.6 Å². The first-order valence-corrected chi connectivity index (χ1v) is 25.7. The molecular formula is C53H63Br3N3NaO8. The second-order valence-corrected chi connectivity index (χ2v) is 20.0. The fraction of sp³-hybridized carbons (Fsp3) is 0.453. The van der Waals surface area contributed by atoms with Gasteiger partial charge in [0, 0.05) is 28.2 Å². The van der Waals surface area contributed by atoms with E-state index < -0.39 is 11.9 Å². The zero-order chi connectivity index (χ0) is 47.1. The summed E-state index contributed by atoms with van der Waals surface area (Å²) in [5.74, 6) is -0.229. The molecule has 0 unspecified atom stereocenters. The molecule has 6 aromatic rings. The molecule has 3 aliphatic rings. The van der Waals surface area contributed by atoms with Crippen molar-refractivity contribution >= 4 is 104 Å². The van der Waals surface area contributed by atoms with Gasteiger partial charge in [0.25, 0.3) is 0 Å². The number of esters is 3. The van der Waals surface area contributed by atoms with Gasteiger partial charge in [0.05, 0.1) is 62.9 Å². The Balaban J connectivity index is 0.000000189. The number of nitrogens with zero attached hydrogens (tertiary/aromatic N) is 2. The predicted molar refractivity (Wildman–Crippen MR) is 276 cm³/mol. The third kappa shape index (κ3) is 12.2. The number of hydrogen-bond donors (Lipinski definition) is 2. The Morgan fingerprint density at radius 3 is 1.34 bits per heavy atom. The third-order valence-corrected chi connectivity index (χ3v) is 16.1. The molecule has 3 saturated carbocycles. The fourth-order valence-corrected chi connectivity index (χ4v) is 13.1. The van der Waals surface area contributed by atoms with Gasteiger partial charge in [-0.05, 0) is 164 Å². The third-order valence-electron chi connectivity index (χ3n) is 13.8. The van der Waals surface area contributed by atoms with Gasteiger partial charge < -0.3 is 40.9 Å². The van der Waals surface area contributed by atoms with Crippen molar-refractivity contribution in [2.24, 2.45) is 0 Å². The molecule has 3 fully saturated rings. The van der Waals surface area contributed by atoms with E-state index >= 15 is 0 Å². The van der Waals surface area contributed by atoms with Gasteiger partial charge in [-0.2, -0.15) is 0 Å². The number of rotatable bonds is 9. The van der Waals surface area contributed by atoms with Crippen molar-refractivity contribution in [3.63, 3.8) is 0 Å². The van der Waals surface area contributed by atoms with Gasteiger partial charge in [0.2, 0.25) is 0 Å². The Labute approximate surface area is 447 Å². The first-order chi connectivity index (χ1) is 31.9. The van der Waals surface area contributed by atoms with E-state index in [1.54, 1.807) is 16.7 Å². The largest absolute Gasteiger partial charge is 1.00 e. The average molecular weight is 1130 g/mol. The average Bonchev–Trinajstić information content (AvgIpc) is 3.94. The molecule has 0 saturated heterocycles. The number of halogens is 3. The first-order valence-electron chi connectivity index (χ1n) is 23.3. The van der Waals surface area contributed by atoms with Crippen LogP contribution in [0.4, 0.5) is 0 Å². The molecule has 3 aromatic carbocycles. The number of aromatic amines is 1. The summed E-state index contributed by atoms with van der Waals surface area (Å²) in [5.41, 5.74) is 8.48. The molecule has 0 amide bonds. The molecule has 3 heterocycles. The molecule has 3 aromatic heterocycles. The van der Waals surface area contributed by atoms with Gasteiger partial charge in [-0.3, -0.25) is 4.79 Å². The SMILES string of the molecule is CCn1c(Br)c(C2CCCCC2)c2ccc(C(=O)OC)cc21.COC(=O)c1ccc2c(C3CCCCC3)c(Br)[nH]c2c1.COC(=O)c1ccc2c(C3CCCCC3)c(Br)n(CC(=O)O)c2c1.[CH3-].[Na+]. The molecule has 3 aliphatic carbocycles. The number of methoxy groups -OCH3 is 3. The van der Waals surface area contributed by atoms with E-state index in [9.17, 15) is 24.3 Å². The van der Waals surface area contributed by atoms with Crippen LogP contribution in [0.5, 0.6) is 0 Å². The number of nitrogens with one attached hydrogen (secondary N) is 1. The molecule has 0 atom stereocenters. The van der Waals surface area contributed by atoms with Gasteiger partial charge in [0.1, 0.15) is 6.54 Å². The fourth-order valence-electron chi connectivity index (χ4n) is 10.6. The van der Waals surface area contributed by atoms with E-state index in [0.717, 1.165) is 50.5 Å². The van der Waals surface area contributed by atoms with Crippen LogP contribution in [-0.2, 0) is 32.1 Å². The molecule has 0 radical (unpaired) electrons. The van der Waals surface area contributed by atoms with Crippen molar-refractivity contribution in [1.82, 2.24) is 14.1 Å². The molecular weight excluding hydrogens is 1070 g/mol. The van der Waals surface area contributed by atoms with Crippen LogP contribution in [0, 0.1) is 7.43 Å².